The van der Waals surface area contributed by atoms with Crippen molar-refractivity contribution in [1.29, 1.82) is 0 Å². The van der Waals surface area contributed by atoms with E-state index in [1.807, 2.05) is 13.8 Å². The van der Waals surface area contributed by atoms with Crippen LogP contribution in [-0.4, -0.2) is 22.6 Å². The maximum atomic E-state index is 5.12. The topological polar surface area (TPSA) is 50.4 Å². The molecule has 16 heavy (non-hydrogen) atoms. The van der Waals surface area contributed by atoms with E-state index in [9.17, 15) is 0 Å². The Kier molecular flexibility index (Phi) is 3.53. The Hall–Kier alpha value is -0.970. The van der Waals surface area contributed by atoms with Gasteiger partial charge in [0, 0.05) is 24.4 Å². The van der Waals surface area contributed by atoms with Gasteiger partial charge in [-0.1, -0.05) is 23.8 Å². The van der Waals surface area contributed by atoms with Gasteiger partial charge in [0.2, 0.25) is 0 Å². The third-order valence-electron chi connectivity index (χ3n) is 2.65. The van der Waals surface area contributed by atoms with Crippen LogP contribution in [0.15, 0.2) is 9.52 Å². The van der Waals surface area contributed by atoms with Crippen LogP contribution in [0.3, 0.4) is 0 Å². The summed E-state index contributed by atoms with van der Waals surface area (Å²) in [4.78, 5) is 4.49. The number of thioether (sulfide) groups is 1. The first kappa shape index (κ1) is 11.5. The lowest BCUT2D eigenvalue weighted by Crippen LogP contribution is -2.26. The predicted molar refractivity (Wildman–Crippen MR) is 66.7 cm³/mol. The van der Waals surface area contributed by atoms with E-state index in [2.05, 4.69) is 22.4 Å². The molecular weight excluding hydrogens is 222 g/mol. The Bertz CT molecular complexity index is 380. The Morgan fingerprint density at radius 2 is 2.31 bits per heavy atom. The third-order valence-corrected chi connectivity index (χ3v) is 3.93. The molecule has 0 aromatic carbocycles. The average molecular weight is 239 g/mol. The molecule has 1 aliphatic rings. The van der Waals surface area contributed by atoms with Crippen molar-refractivity contribution < 1.29 is 4.52 Å². The summed E-state index contributed by atoms with van der Waals surface area (Å²) in [6, 6.07) is 0. The van der Waals surface area contributed by atoms with Crippen molar-refractivity contribution >= 4 is 16.9 Å². The van der Waals surface area contributed by atoms with E-state index < -0.39 is 0 Å². The van der Waals surface area contributed by atoms with Gasteiger partial charge in [-0.15, -0.1) is 0 Å². The lowest BCUT2D eigenvalue weighted by atomic mass is 10.2. The van der Waals surface area contributed by atoms with Gasteiger partial charge < -0.3 is 9.84 Å². The second-order valence-corrected chi connectivity index (χ2v) is 5.23. The average Bonchev–Trinajstić information content (AvgIpc) is 2.59. The summed E-state index contributed by atoms with van der Waals surface area (Å²) in [5.41, 5.74) is 2.10. The van der Waals surface area contributed by atoms with E-state index in [0.29, 0.717) is 5.92 Å². The van der Waals surface area contributed by atoms with Crippen molar-refractivity contribution in [2.75, 3.05) is 12.3 Å². The second kappa shape index (κ2) is 4.91. The summed E-state index contributed by atoms with van der Waals surface area (Å²) in [7, 11) is 0. The van der Waals surface area contributed by atoms with Gasteiger partial charge in [-0.2, -0.15) is 0 Å². The second-order valence-electron chi connectivity index (χ2n) is 4.22. The number of hydrogen-bond acceptors (Lipinski definition) is 5. The van der Waals surface area contributed by atoms with Crippen molar-refractivity contribution in [1.82, 2.24) is 10.5 Å². The van der Waals surface area contributed by atoms with Crippen LogP contribution in [0.5, 0.6) is 0 Å². The molecule has 0 spiro atoms. The van der Waals surface area contributed by atoms with Crippen LogP contribution in [0.25, 0.3) is 0 Å². The molecule has 0 fully saturated rings. The van der Waals surface area contributed by atoms with E-state index in [1.54, 1.807) is 11.8 Å². The standard InChI is InChI=1S/C11H17N3OS/c1-7-4-12-11(16-6-7)13-5-10-8(2)14-15-9(10)3/h7H,4-6H2,1-3H3,(H,12,13). The number of nitrogens with zero attached hydrogens (tertiary/aromatic N) is 2. The summed E-state index contributed by atoms with van der Waals surface area (Å²) in [6.07, 6.45) is 0. The molecule has 1 N–H and O–H groups in total. The fraction of sp³-hybridized carbons (Fsp3) is 0.636. The highest BCUT2D eigenvalue weighted by Gasteiger charge is 2.13. The smallest absolute Gasteiger partial charge is 0.156 e. The summed E-state index contributed by atoms with van der Waals surface area (Å²) in [5.74, 6) is 2.72. The quantitative estimate of drug-likeness (QED) is 0.859. The van der Waals surface area contributed by atoms with E-state index in [-0.39, 0.29) is 0 Å². The molecule has 0 amide bonds. The molecule has 2 heterocycles. The molecule has 0 saturated carbocycles. The lowest BCUT2D eigenvalue weighted by Gasteiger charge is -2.17. The van der Waals surface area contributed by atoms with Gasteiger partial charge in [-0.05, 0) is 19.8 Å². The molecule has 0 aliphatic carbocycles. The van der Waals surface area contributed by atoms with Gasteiger partial charge in [0.25, 0.3) is 0 Å². The molecule has 1 aliphatic heterocycles. The molecule has 4 nitrogen and oxygen atoms in total. The number of amidine groups is 1. The van der Waals surface area contributed by atoms with Crippen LogP contribution in [0.4, 0.5) is 0 Å². The highest BCUT2D eigenvalue weighted by Crippen LogP contribution is 2.17. The van der Waals surface area contributed by atoms with Crippen LogP contribution in [0.1, 0.15) is 23.9 Å². The molecule has 0 bridgehead atoms. The zero-order chi connectivity index (χ0) is 11.5. The summed E-state index contributed by atoms with van der Waals surface area (Å²) >= 11 is 1.79. The number of nitrogens with one attached hydrogen (secondary N) is 1. The molecular formula is C11H17N3OS. The van der Waals surface area contributed by atoms with Crippen molar-refractivity contribution in [2.45, 2.75) is 27.3 Å². The van der Waals surface area contributed by atoms with E-state index in [4.69, 9.17) is 4.52 Å². The zero-order valence-electron chi connectivity index (χ0n) is 9.91. The minimum atomic E-state index is 0.689. The molecule has 1 unspecified atom stereocenters. The minimum Gasteiger partial charge on any atom is -0.361 e. The first-order valence-electron chi connectivity index (χ1n) is 5.49. The van der Waals surface area contributed by atoms with Gasteiger partial charge in [-0.25, -0.2) is 0 Å². The normalized spacial score (nSPS) is 20.7. The van der Waals surface area contributed by atoms with Crippen molar-refractivity contribution in [2.24, 2.45) is 10.9 Å². The van der Waals surface area contributed by atoms with Gasteiger partial charge in [0.1, 0.15) is 5.76 Å². The van der Waals surface area contributed by atoms with Crippen LogP contribution >= 0.6 is 11.8 Å². The van der Waals surface area contributed by atoms with Crippen molar-refractivity contribution in [3.8, 4) is 0 Å². The van der Waals surface area contributed by atoms with Gasteiger partial charge in [0.05, 0.1) is 5.69 Å². The predicted octanol–water partition coefficient (Wildman–Crippen LogP) is 2.12. The highest BCUT2D eigenvalue weighted by atomic mass is 32.2. The number of aromatic nitrogens is 1. The van der Waals surface area contributed by atoms with Gasteiger partial charge in [-0.3, -0.25) is 4.99 Å². The molecule has 88 valence electrons. The van der Waals surface area contributed by atoms with Crippen LogP contribution in [0, 0.1) is 19.8 Å². The summed E-state index contributed by atoms with van der Waals surface area (Å²) < 4.78 is 5.12. The van der Waals surface area contributed by atoms with E-state index in [0.717, 1.165) is 41.0 Å². The molecule has 1 aromatic heterocycles. The fourth-order valence-corrected chi connectivity index (χ4v) is 2.47. The van der Waals surface area contributed by atoms with E-state index >= 15 is 0 Å². The molecule has 5 heteroatoms. The largest absolute Gasteiger partial charge is 0.361 e. The molecule has 1 aromatic rings. The zero-order valence-corrected chi connectivity index (χ0v) is 10.7. The molecule has 1 atom stereocenters. The Morgan fingerprint density at radius 3 is 2.88 bits per heavy atom. The van der Waals surface area contributed by atoms with Gasteiger partial charge in [0.15, 0.2) is 5.17 Å². The van der Waals surface area contributed by atoms with Crippen molar-refractivity contribution in [3.63, 3.8) is 0 Å². The monoisotopic (exact) mass is 239 g/mol. The number of aliphatic imine (C=N–C) groups is 1. The van der Waals surface area contributed by atoms with Crippen LogP contribution in [-0.2, 0) is 6.54 Å². The Labute approximate surface area is 99.9 Å². The first-order chi connectivity index (χ1) is 7.66. The lowest BCUT2D eigenvalue weighted by molar-refractivity contribution is 0.392. The molecule has 2 rings (SSSR count). The Morgan fingerprint density at radius 1 is 1.50 bits per heavy atom. The molecule has 0 saturated heterocycles. The maximum Gasteiger partial charge on any atom is 0.156 e. The van der Waals surface area contributed by atoms with Gasteiger partial charge >= 0.3 is 0 Å². The maximum absolute atomic E-state index is 5.12. The first-order valence-corrected chi connectivity index (χ1v) is 6.48. The number of hydrogen-bond donors (Lipinski definition) is 1. The summed E-state index contributed by atoms with van der Waals surface area (Å²) in [5, 5.41) is 8.31. The van der Waals surface area contributed by atoms with Crippen LogP contribution < -0.4 is 5.32 Å². The fourth-order valence-electron chi connectivity index (χ4n) is 1.58. The highest BCUT2D eigenvalue weighted by molar-refractivity contribution is 8.13. The Balaban J connectivity index is 1.93. The van der Waals surface area contributed by atoms with E-state index in [1.165, 1.54) is 0 Å². The number of aryl methyl sites for hydroxylation is 2. The van der Waals surface area contributed by atoms with Crippen LogP contribution in [0.2, 0.25) is 0 Å². The third kappa shape index (κ3) is 2.58. The number of rotatable bonds is 2. The molecule has 0 radical (unpaired) electrons. The minimum absolute atomic E-state index is 0.689. The SMILES string of the molecule is Cc1noc(C)c1CNC1=NCC(C)CS1. The summed E-state index contributed by atoms with van der Waals surface area (Å²) in [6.45, 7) is 7.81. The van der Waals surface area contributed by atoms with Crippen molar-refractivity contribution in [3.05, 3.63) is 17.0 Å².